The first kappa shape index (κ1) is 17.9. The van der Waals surface area contributed by atoms with E-state index in [1.54, 1.807) is 6.20 Å². The van der Waals surface area contributed by atoms with E-state index in [2.05, 4.69) is 73.5 Å². The van der Waals surface area contributed by atoms with E-state index < -0.39 is 0 Å². The molecule has 0 spiro atoms. The van der Waals surface area contributed by atoms with Gasteiger partial charge in [-0.3, -0.25) is 0 Å². The second-order valence-corrected chi connectivity index (χ2v) is 7.53. The largest absolute Gasteiger partial charge is 0.378 e. The number of nitrogens with zero attached hydrogens (tertiary/aromatic N) is 2. The lowest BCUT2D eigenvalue weighted by Crippen LogP contribution is -2.10. The first-order valence-electron chi connectivity index (χ1n) is 8.84. The molecule has 4 nitrogen and oxygen atoms in total. The van der Waals surface area contributed by atoms with Crippen molar-refractivity contribution in [1.82, 2.24) is 9.55 Å². The number of hydrogen-bond donors (Lipinski definition) is 1. The van der Waals surface area contributed by atoms with Crippen molar-refractivity contribution in [1.29, 1.82) is 0 Å². The molecule has 1 N–H and O–H groups in total. The van der Waals surface area contributed by atoms with Gasteiger partial charge in [-0.25, -0.2) is 4.98 Å². The molecule has 0 atom stereocenters. The van der Waals surface area contributed by atoms with Crippen molar-refractivity contribution in [3.8, 4) is 11.1 Å². The second-order valence-electron chi connectivity index (χ2n) is 7.53. The van der Waals surface area contributed by atoms with E-state index >= 15 is 0 Å². The van der Waals surface area contributed by atoms with Crippen LogP contribution in [0.15, 0.2) is 61.2 Å². The Morgan fingerprint density at radius 3 is 2.46 bits per heavy atom. The molecule has 0 fully saturated rings. The van der Waals surface area contributed by atoms with Crippen molar-refractivity contribution < 1.29 is 4.79 Å². The second kappa shape index (κ2) is 7.56. The molecule has 3 aromatic rings. The maximum Gasteiger partial charge on any atom is 0.139 e. The Morgan fingerprint density at radius 2 is 1.85 bits per heavy atom. The minimum Gasteiger partial charge on any atom is -0.378 e. The lowest BCUT2D eigenvalue weighted by atomic mass is 9.86. The number of anilines is 1. The summed E-state index contributed by atoms with van der Waals surface area (Å²) < 4.78 is 2.03. The summed E-state index contributed by atoms with van der Waals surface area (Å²) in [5.41, 5.74) is 5.86. The third-order valence-corrected chi connectivity index (χ3v) is 4.39. The first-order valence-corrected chi connectivity index (χ1v) is 8.84. The molecule has 0 aliphatic rings. The Morgan fingerprint density at radius 1 is 1.08 bits per heavy atom. The van der Waals surface area contributed by atoms with Gasteiger partial charge in [-0.1, -0.05) is 45.0 Å². The van der Waals surface area contributed by atoms with Crippen molar-refractivity contribution in [2.24, 2.45) is 0 Å². The van der Waals surface area contributed by atoms with Crippen molar-refractivity contribution in [3.05, 3.63) is 72.3 Å². The Balaban J connectivity index is 1.95. The topological polar surface area (TPSA) is 46.9 Å². The number of rotatable bonds is 6. The van der Waals surface area contributed by atoms with Crippen LogP contribution in [0.25, 0.3) is 11.1 Å². The van der Waals surface area contributed by atoms with Crippen LogP contribution in [0.4, 0.5) is 5.69 Å². The van der Waals surface area contributed by atoms with Gasteiger partial charge in [0, 0.05) is 24.6 Å². The highest BCUT2D eigenvalue weighted by molar-refractivity contribution is 5.71. The number of aromatic nitrogens is 2. The van der Waals surface area contributed by atoms with E-state index in [4.69, 9.17) is 0 Å². The molecule has 2 aromatic carbocycles. The summed E-state index contributed by atoms with van der Waals surface area (Å²) in [6, 6.07) is 15.1. The van der Waals surface area contributed by atoms with Crippen molar-refractivity contribution >= 4 is 12.0 Å². The fraction of sp³-hybridized carbons (Fsp3) is 0.273. The molecule has 134 valence electrons. The Labute approximate surface area is 154 Å². The smallest absolute Gasteiger partial charge is 0.139 e. The molecular formula is C22H25N3O. The molecule has 3 rings (SSSR count). The summed E-state index contributed by atoms with van der Waals surface area (Å²) in [4.78, 5) is 14.8. The minimum absolute atomic E-state index is 0.137. The highest BCUT2D eigenvalue weighted by Crippen LogP contribution is 2.29. The average molecular weight is 347 g/mol. The van der Waals surface area contributed by atoms with Crippen LogP contribution >= 0.6 is 0 Å². The summed E-state index contributed by atoms with van der Waals surface area (Å²) in [6.07, 6.45) is 6.41. The van der Waals surface area contributed by atoms with Crippen LogP contribution in [-0.4, -0.2) is 22.4 Å². The van der Waals surface area contributed by atoms with Crippen LogP contribution in [0.1, 0.15) is 31.9 Å². The van der Waals surface area contributed by atoms with E-state index in [-0.39, 0.29) is 5.41 Å². The van der Waals surface area contributed by atoms with E-state index in [0.29, 0.717) is 6.54 Å². The van der Waals surface area contributed by atoms with Gasteiger partial charge in [0.25, 0.3) is 0 Å². The third kappa shape index (κ3) is 4.39. The molecule has 0 unspecified atom stereocenters. The van der Waals surface area contributed by atoms with Crippen molar-refractivity contribution in [2.45, 2.75) is 32.7 Å². The predicted octanol–water partition coefficient (Wildman–Crippen LogP) is 4.51. The molecular weight excluding hydrogens is 322 g/mol. The number of benzene rings is 2. The summed E-state index contributed by atoms with van der Waals surface area (Å²) in [5, 5.41) is 3.17. The van der Waals surface area contributed by atoms with Gasteiger partial charge >= 0.3 is 0 Å². The van der Waals surface area contributed by atoms with Gasteiger partial charge in [0.1, 0.15) is 6.29 Å². The average Bonchev–Trinajstić information content (AvgIpc) is 3.12. The van der Waals surface area contributed by atoms with Gasteiger partial charge in [0.15, 0.2) is 0 Å². The van der Waals surface area contributed by atoms with Gasteiger partial charge in [-0.05, 0) is 45.9 Å². The molecule has 0 amide bonds. The fourth-order valence-electron chi connectivity index (χ4n) is 2.97. The molecule has 0 saturated heterocycles. The van der Waals surface area contributed by atoms with E-state index in [9.17, 15) is 4.79 Å². The lowest BCUT2D eigenvalue weighted by molar-refractivity contribution is -0.106. The summed E-state index contributed by atoms with van der Waals surface area (Å²) in [7, 11) is 0. The number of nitrogens with one attached hydrogen (secondary N) is 1. The molecule has 0 aliphatic heterocycles. The zero-order valence-corrected chi connectivity index (χ0v) is 15.6. The fourth-order valence-corrected chi connectivity index (χ4v) is 2.97. The minimum atomic E-state index is 0.137. The number of aldehydes is 1. The van der Waals surface area contributed by atoms with Crippen LogP contribution in [-0.2, 0) is 16.8 Å². The Kier molecular flexibility index (Phi) is 5.21. The molecule has 0 bridgehead atoms. The highest BCUT2D eigenvalue weighted by atomic mass is 16.1. The number of carbonyl (C=O) groups excluding carboxylic acids is 1. The Bertz CT molecular complexity index is 859. The quantitative estimate of drug-likeness (QED) is 0.668. The summed E-state index contributed by atoms with van der Waals surface area (Å²) in [6.45, 7) is 7.69. The zero-order chi connectivity index (χ0) is 18.6. The van der Waals surface area contributed by atoms with Gasteiger partial charge in [-0.15, -0.1) is 0 Å². The van der Waals surface area contributed by atoms with Gasteiger partial charge in [0.05, 0.1) is 12.9 Å². The predicted molar refractivity (Wildman–Crippen MR) is 106 cm³/mol. The van der Waals surface area contributed by atoms with Crippen molar-refractivity contribution in [2.75, 3.05) is 11.9 Å². The van der Waals surface area contributed by atoms with Gasteiger partial charge in [0.2, 0.25) is 0 Å². The first-order chi connectivity index (χ1) is 12.5. The highest BCUT2D eigenvalue weighted by Gasteiger charge is 2.13. The SMILES string of the molecule is CC(C)(C)c1ccc(-c2cc(Cn3ccnc3)cc(NCC=O)c2)cc1. The van der Waals surface area contributed by atoms with Crippen LogP contribution in [0.2, 0.25) is 0 Å². The molecule has 1 heterocycles. The number of hydrogen-bond acceptors (Lipinski definition) is 3. The molecule has 4 heteroatoms. The zero-order valence-electron chi connectivity index (χ0n) is 15.6. The van der Waals surface area contributed by atoms with E-state index in [1.165, 1.54) is 11.1 Å². The van der Waals surface area contributed by atoms with Crippen LogP contribution in [0.3, 0.4) is 0 Å². The van der Waals surface area contributed by atoms with E-state index in [1.807, 2.05) is 17.1 Å². The van der Waals surface area contributed by atoms with Gasteiger partial charge in [-0.2, -0.15) is 0 Å². The number of carbonyl (C=O) groups is 1. The Hall–Kier alpha value is -2.88. The van der Waals surface area contributed by atoms with Gasteiger partial charge < -0.3 is 14.7 Å². The molecule has 0 aliphatic carbocycles. The van der Waals surface area contributed by atoms with E-state index in [0.717, 1.165) is 29.6 Å². The number of imidazole rings is 1. The maximum atomic E-state index is 10.7. The molecule has 26 heavy (non-hydrogen) atoms. The molecule has 0 radical (unpaired) electrons. The normalized spacial score (nSPS) is 11.3. The monoisotopic (exact) mass is 347 g/mol. The maximum absolute atomic E-state index is 10.7. The van der Waals surface area contributed by atoms with Crippen LogP contribution in [0.5, 0.6) is 0 Å². The molecule has 1 aromatic heterocycles. The lowest BCUT2D eigenvalue weighted by Gasteiger charge is -2.19. The van der Waals surface area contributed by atoms with Crippen LogP contribution in [0, 0.1) is 0 Å². The third-order valence-electron chi connectivity index (χ3n) is 4.39. The standard InChI is InChI=1S/C22H25N3O/c1-22(2,3)20-6-4-18(5-7-20)19-12-17(15-25-10-8-23-16-25)13-21(14-19)24-9-11-26/h4-8,10-14,16,24H,9,15H2,1-3H3. The summed E-state index contributed by atoms with van der Waals surface area (Å²) >= 11 is 0. The van der Waals surface area contributed by atoms with Crippen molar-refractivity contribution in [3.63, 3.8) is 0 Å². The summed E-state index contributed by atoms with van der Waals surface area (Å²) in [5.74, 6) is 0. The van der Waals surface area contributed by atoms with Crippen LogP contribution < -0.4 is 5.32 Å². The molecule has 0 saturated carbocycles.